The van der Waals surface area contributed by atoms with Gasteiger partial charge in [-0.15, -0.1) is 9.79 Å². The monoisotopic (exact) mass is 373 g/mol. The van der Waals surface area contributed by atoms with Gasteiger partial charge in [-0.2, -0.15) is 26.3 Å². The van der Waals surface area contributed by atoms with Crippen molar-refractivity contribution in [3.05, 3.63) is 0 Å². The van der Waals surface area contributed by atoms with Crippen LogP contribution in [0.5, 0.6) is 0 Å². The average molecular weight is 373 g/mol. The lowest BCUT2D eigenvalue weighted by molar-refractivity contribution is -0.205. The third-order valence-corrected chi connectivity index (χ3v) is 3.34. The first-order valence-corrected chi connectivity index (χ1v) is 7.66. The van der Waals surface area contributed by atoms with Crippen molar-refractivity contribution >= 4 is 8.25 Å². The van der Waals surface area contributed by atoms with Crippen molar-refractivity contribution in [2.24, 2.45) is 0 Å². The molecule has 0 saturated carbocycles. The van der Waals surface area contributed by atoms with Crippen molar-refractivity contribution in [1.29, 1.82) is 0 Å². The highest BCUT2D eigenvalue weighted by molar-refractivity contribution is 7.30. The van der Waals surface area contributed by atoms with Crippen LogP contribution in [-0.4, -0.2) is 70.2 Å². The minimum Gasteiger partial charge on any atom is -0.303 e. The third-order valence-electron chi connectivity index (χ3n) is 3.34. The number of hydrogen-bond acceptors (Lipinski definition) is 3. The van der Waals surface area contributed by atoms with Crippen molar-refractivity contribution in [1.82, 2.24) is 9.80 Å². The van der Waals surface area contributed by atoms with Crippen LogP contribution >= 0.6 is 8.25 Å². The molecule has 0 spiro atoms. The molecule has 0 aliphatic carbocycles. The first-order chi connectivity index (χ1) is 10.1. The smallest absolute Gasteiger partial charge is 0.303 e. The van der Waals surface area contributed by atoms with Gasteiger partial charge in [-0.1, -0.05) is 0 Å². The zero-order valence-corrected chi connectivity index (χ0v) is 13.7. The highest BCUT2D eigenvalue weighted by Gasteiger charge is 2.50. The highest BCUT2D eigenvalue weighted by Crippen LogP contribution is 2.37. The van der Waals surface area contributed by atoms with Crippen LogP contribution in [0.2, 0.25) is 0 Å². The maximum Gasteiger partial charge on any atom is 0.692 e. The molecule has 2 atom stereocenters. The van der Waals surface area contributed by atoms with Crippen LogP contribution in [0, 0.1) is 0 Å². The first kappa shape index (κ1) is 22.5. The summed E-state index contributed by atoms with van der Waals surface area (Å²) >= 11 is 0. The summed E-state index contributed by atoms with van der Waals surface area (Å²) < 4.78 is 84.2. The van der Waals surface area contributed by atoms with Crippen LogP contribution in [0.1, 0.15) is 20.3 Å². The Hall–Kier alpha value is -0.480. The number of alkyl halides is 6. The Balaban J connectivity index is 0.00000108. The van der Waals surface area contributed by atoms with Crippen LogP contribution in [0.4, 0.5) is 26.3 Å². The van der Waals surface area contributed by atoms with Gasteiger partial charge in [0.2, 0.25) is 0 Å². The van der Waals surface area contributed by atoms with Gasteiger partial charge in [0.1, 0.15) is 0 Å². The maximum absolute atomic E-state index is 12.6. The summed E-state index contributed by atoms with van der Waals surface area (Å²) in [6, 6.07) is -0.576. The molecular weight excluding hydrogens is 353 g/mol. The molecule has 138 valence electrons. The molecule has 2 N–H and O–H groups in total. The van der Waals surface area contributed by atoms with E-state index in [0.29, 0.717) is 6.54 Å². The molecule has 0 aromatic carbocycles. The number of rotatable bonds is 2. The van der Waals surface area contributed by atoms with E-state index < -0.39 is 45.2 Å². The van der Waals surface area contributed by atoms with E-state index in [1.54, 1.807) is 11.9 Å². The van der Waals surface area contributed by atoms with Gasteiger partial charge in [0.05, 0.1) is 13.0 Å². The van der Waals surface area contributed by atoms with Gasteiger partial charge in [-0.25, -0.2) is 0 Å². The molecule has 0 aromatic heterocycles. The molecule has 1 aliphatic heterocycles. The van der Waals surface area contributed by atoms with E-state index in [0.717, 1.165) is 4.90 Å². The number of likely N-dealkylation sites (N-methyl/N-ethyl adjacent to an activating group) is 1. The van der Waals surface area contributed by atoms with Gasteiger partial charge >= 0.3 is 20.6 Å². The van der Waals surface area contributed by atoms with Gasteiger partial charge in [0, 0.05) is 29.2 Å². The van der Waals surface area contributed by atoms with Crippen LogP contribution in [-0.2, 0) is 4.57 Å². The standard InChI is InChI=1S/C11H18F6N2.HO3P/c1-8-4-18(3)6-9(2,5-10(12,13)14)19(8)7-11(15,16)17;1-4(2)3/h8H,4-7H2,1-3H3;(H-,1,2,3)/p+1. The Morgan fingerprint density at radius 1 is 1.17 bits per heavy atom. The second-order valence-electron chi connectivity index (χ2n) is 5.83. The predicted octanol–water partition coefficient (Wildman–Crippen LogP) is 2.52. The van der Waals surface area contributed by atoms with Gasteiger partial charge in [-0.05, 0) is 20.9 Å². The Morgan fingerprint density at radius 3 is 1.96 bits per heavy atom. The second-order valence-corrected chi connectivity index (χ2v) is 6.34. The summed E-state index contributed by atoms with van der Waals surface area (Å²) in [4.78, 5) is 16.8. The Kier molecular flexibility index (Phi) is 7.90. The molecule has 1 heterocycles. The van der Waals surface area contributed by atoms with E-state index >= 15 is 0 Å². The fourth-order valence-corrected chi connectivity index (χ4v) is 2.95. The van der Waals surface area contributed by atoms with Crippen molar-refractivity contribution < 1.29 is 40.7 Å². The normalized spacial score (nSPS) is 27.3. The van der Waals surface area contributed by atoms with Gasteiger partial charge in [-0.3, -0.25) is 4.90 Å². The molecule has 0 amide bonds. The Morgan fingerprint density at radius 2 is 1.61 bits per heavy atom. The zero-order valence-electron chi connectivity index (χ0n) is 12.8. The minimum atomic E-state index is -4.50. The van der Waals surface area contributed by atoms with E-state index in [-0.39, 0.29) is 6.54 Å². The number of hydrogen-bond donors (Lipinski definition) is 2. The Labute approximate surface area is 130 Å². The van der Waals surface area contributed by atoms with E-state index in [4.69, 9.17) is 14.4 Å². The van der Waals surface area contributed by atoms with Gasteiger partial charge in [0.25, 0.3) is 0 Å². The molecule has 1 aliphatic rings. The topological polar surface area (TPSA) is 64.0 Å². The SMILES string of the molecule is CC1CN(C)CC(C)(CC(F)(F)F)N1CC(F)(F)F.O=[P+](O)O. The van der Waals surface area contributed by atoms with Crippen LogP contribution in [0.15, 0.2) is 0 Å². The fraction of sp³-hybridized carbons (Fsp3) is 1.00. The molecule has 1 rings (SSSR count). The fourth-order valence-electron chi connectivity index (χ4n) is 2.95. The average Bonchev–Trinajstić information content (AvgIpc) is 2.18. The van der Waals surface area contributed by atoms with Gasteiger partial charge in [0.15, 0.2) is 0 Å². The number of halogens is 6. The molecular formula is C11H20F6N2O3P+. The predicted molar refractivity (Wildman–Crippen MR) is 70.8 cm³/mol. The summed E-state index contributed by atoms with van der Waals surface area (Å²) in [7, 11) is -1.25. The second kappa shape index (κ2) is 8.06. The largest absolute Gasteiger partial charge is 0.692 e. The Bertz CT molecular complexity index is 402. The number of piperazine rings is 1. The molecule has 0 radical (unpaired) electrons. The summed E-state index contributed by atoms with van der Waals surface area (Å²) in [5.74, 6) is 0. The van der Waals surface area contributed by atoms with E-state index in [1.165, 1.54) is 13.8 Å². The quantitative estimate of drug-likeness (QED) is 0.575. The molecule has 12 heteroatoms. The highest BCUT2D eigenvalue weighted by atomic mass is 31.1. The summed E-state index contributed by atoms with van der Waals surface area (Å²) in [5.41, 5.74) is -1.56. The first-order valence-electron chi connectivity index (χ1n) is 6.49. The minimum absolute atomic E-state index is 0.0348. The van der Waals surface area contributed by atoms with Crippen LogP contribution in [0.3, 0.4) is 0 Å². The zero-order chi connectivity index (χ0) is 18.6. The summed E-state index contributed by atoms with van der Waals surface area (Å²) in [6.45, 7) is 1.75. The summed E-state index contributed by atoms with van der Waals surface area (Å²) in [6.07, 6.45) is -10.2. The van der Waals surface area contributed by atoms with E-state index in [1.807, 2.05) is 0 Å². The van der Waals surface area contributed by atoms with Crippen molar-refractivity contribution in [2.45, 2.75) is 44.2 Å². The van der Waals surface area contributed by atoms with Crippen LogP contribution in [0.25, 0.3) is 0 Å². The number of nitrogens with zero attached hydrogens (tertiary/aromatic N) is 2. The van der Waals surface area contributed by atoms with Crippen LogP contribution < -0.4 is 0 Å². The molecule has 23 heavy (non-hydrogen) atoms. The van der Waals surface area contributed by atoms with Crippen molar-refractivity contribution in [3.8, 4) is 0 Å². The molecule has 0 aromatic rings. The molecule has 5 nitrogen and oxygen atoms in total. The van der Waals surface area contributed by atoms with E-state index in [9.17, 15) is 26.3 Å². The van der Waals surface area contributed by atoms with E-state index in [2.05, 4.69) is 0 Å². The molecule has 2 unspecified atom stereocenters. The third kappa shape index (κ3) is 9.41. The molecule has 1 saturated heterocycles. The van der Waals surface area contributed by atoms with Gasteiger partial charge < -0.3 is 4.90 Å². The van der Waals surface area contributed by atoms with Crippen molar-refractivity contribution in [2.75, 3.05) is 26.7 Å². The molecule has 1 fully saturated rings. The van der Waals surface area contributed by atoms with Crippen molar-refractivity contribution in [3.63, 3.8) is 0 Å². The lowest BCUT2D eigenvalue weighted by Crippen LogP contribution is -2.66. The maximum atomic E-state index is 12.6. The summed E-state index contributed by atoms with van der Waals surface area (Å²) in [5, 5.41) is 0. The molecule has 0 bridgehead atoms. The lowest BCUT2D eigenvalue weighted by atomic mass is 9.89. The lowest BCUT2D eigenvalue weighted by Gasteiger charge is -2.52.